The number of hydrogen-bond donors (Lipinski definition) is 0. The van der Waals surface area contributed by atoms with Gasteiger partial charge in [0.1, 0.15) is 18.2 Å². The maximum atomic E-state index is 12.5. The van der Waals surface area contributed by atoms with Gasteiger partial charge < -0.3 is 9.47 Å². The van der Waals surface area contributed by atoms with Crippen molar-refractivity contribution < 1.29 is 14.3 Å². The molecular formula is C24H28ClNO3. The molecule has 0 spiro atoms. The molecule has 0 radical (unpaired) electrons. The summed E-state index contributed by atoms with van der Waals surface area (Å²) in [5, 5.41) is 0.711. The predicted octanol–water partition coefficient (Wildman–Crippen LogP) is 5.96. The highest BCUT2D eigenvalue weighted by molar-refractivity contribution is 6.30. The van der Waals surface area contributed by atoms with Gasteiger partial charge in [0.2, 0.25) is 0 Å². The number of nitrogens with zero attached hydrogens (tertiary/aromatic N) is 1. The molecule has 0 bridgehead atoms. The average molecular weight is 414 g/mol. The fraction of sp³-hybridized carbons (Fsp3) is 0.458. The molecule has 2 atom stereocenters. The first kappa shape index (κ1) is 20.2. The van der Waals surface area contributed by atoms with Crippen molar-refractivity contribution in [1.82, 2.24) is 4.90 Å². The summed E-state index contributed by atoms with van der Waals surface area (Å²) in [5.74, 6) is 2.14. The van der Waals surface area contributed by atoms with Crippen LogP contribution in [-0.4, -0.2) is 30.7 Å². The molecular weight excluding hydrogens is 386 g/mol. The summed E-state index contributed by atoms with van der Waals surface area (Å²) >= 11 is 6.31. The predicted molar refractivity (Wildman–Crippen MR) is 115 cm³/mol. The molecule has 4 rings (SSSR count). The van der Waals surface area contributed by atoms with Gasteiger partial charge in [-0.05, 0) is 50.1 Å². The van der Waals surface area contributed by atoms with E-state index < -0.39 is 5.41 Å². The van der Waals surface area contributed by atoms with E-state index in [4.69, 9.17) is 21.1 Å². The molecule has 4 nitrogen and oxygen atoms in total. The quantitative estimate of drug-likeness (QED) is 0.567. The molecule has 0 aliphatic carbocycles. The molecule has 2 aliphatic heterocycles. The van der Waals surface area contributed by atoms with Gasteiger partial charge in [-0.2, -0.15) is 0 Å². The molecule has 0 N–H and O–H groups in total. The van der Waals surface area contributed by atoms with Gasteiger partial charge in [-0.1, -0.05) is 43.1 Å². The number of benzene rings is 2. The second-order valence-electron chi connectivity index (χ2n) is 8.77. The van der Waals surface area contributed by atoms with Gasteiger partial charge in [-0.15, -0.1) is 0 Å². The monoisotopic (exact) mass is 413 g/mol. The smallest absolute Gasteiger partial charge is 0.312 e. The lowest BCUT2D eigenvalue weighted by atomic mass is 9.84. The van der Waals surface area contributed by atoms with E-state index in [1.54, 1.807) is 0 Å². The molecule has 0 saturated carbocycles. The molecule has 154 valence electrons. The Morgan fingerprint density at radius 3 is 2.59 bits per heavy atom. The lowest BCUT2D eigenvalue weighted by molar-refractivity contribution is -0.158. The SMILES string of the molecule is CCCC(C)(C)C(=O)OCN1CC2c3ccccc3Oc3ccc(Cl)cc3C2C1. The highest BCUT2D eigenvalue weighted by atomic mass is 35.5. The number of hydrogen-bond acceptors (Lipinski definition) is 4. The van der Waals surface area contributed by atoms with E-state index in [1.807, 2.05) is 44.2 Å². The second-order valence-corrected chi connectivity index (χ2v) is 9.20. The molecule has 1 saturated heterocycles. The van der Waals surface area contributed by atoms with Crippen LogP contribution in [-0.2, 0) is 9.53 Å². The highest BCUT2D eigenvalue weighted by Gasteiger charge is 2.40. The van der Waals surface area contributed by atoms with Crippen LogP contribution < -0.4 is 4.74 Å². The van der Waals surface area contributed by atoms with Gasteiger partial charge in [-0.3, -0.25) is 9.69 Å². The fourth-order valence-corrected chi connectivity index (χ4v) is 4.77. The Morgan fingerprint density at radius 2 is 1.83 bits per heavy atom. The van der Waals surface area contributed by atoms with Gasteiger partial charge in [0.05, 0.1) is 5.41 Å². The van der Waals surface area contributed by atoms with Crippen LogP contribution >= 0.6 is 11.6 Å². The molecule has 29 heavy (non-hydrogen) atoms. The van der Waals surface area contributed by atoms with Crippen LogP contribution in [0.3, 0.4) is 0 Å². The van der Waals surface area contributed by atoms with Gasteiger partial charge >= 0.3 is 5.97 Å². The minimum Gasteiger partial charge on any atom is -0.457 e. The molecule has 2 unspecified atom stereocenters. The molecule has 2 aromatic rings. The van der Waals surface area contributed by atoms with Crippen molar-refractivity contribution in [3.8, 4) is 11.5 Å². The normalized spacial score (nSPS) is 20.8. The van der Waals surface area contributed by atoms with Gasteiger partial charge in [0.15, 0.2) is 0 Å². The van der Waals surface area contributed by atoms with E-state index in [0.717, 1.165) is 43.0 Å². The molecule has 5 heteroatoms. The van der Waals surface area contributed by atoms with Crippen molar-refractivity contribution >= 4 is 17.6 Å². The van der Waals surface area contributed by atoms with E-state index in [9.17, 15) is 4.79 Å². The minimum absolute atomic E-state index is 0.126. The highest BCUT2D eigenvalue weighted by Crippen LogP contribution is 2.50. The summed E-state index contributed by atoms with van der Waals surface area (Å²) in [4.78, 5) is 14.8. The number of carbonyl (C=O) groups excluding carboxylic acids is 1. The summed E-state index contributed by atoms with van der Waals surface area (Å²) in [6.45, 7) is 7.94. The summed E-state index contributed by atoms with van der Waals surface area (Å²) in [7, 11) is 0. The van der Waals surface area contributed by atoms with Gasteiger partial charge in [0, 0.05) is 35.5 Å². The van der Waals surface area contributed by atoms with Crippen LogP contribution in [0.15, 0.2) is 42.5 Å². The van der Waals surface area contributed by atoms with Crippen LogP contribution in [0.25, 0.3) is 0 Å². The van der Waals surface area contributed by atoms with E-state index in [-0.39, 0.29) is 17.8 Å². The maximum Gasteiger partial charge on any atom is 0.312 e. The molecule has 0 aromatic heterocycles. The molecule has 1 fully saturated rings. The second kappa shape index (κ2) is 8.00. The first-order valence-corrected chi connectivity index (χ1v) is 10.7. The number of carbonyl (C=O) groups is 1. The van der Waals surface area contributed by atoms with Crippen molar-refractivity contribution in [2.45, 2.75) is 45.4 Å². The molecule has 2 heterocycles. The van der Waals surface area contributed by atoms with Crippen LogP contribution in [0.1, 0.15) is 56.6 Å². The van der Waals surface area contributed by atoms with Gasteiger partial charge in [-0.25, -0.2) is 0 Å². The summed E-state index contributed by atoms with van der Waals surface area (Å²) in [5.41, 5.74) is 1.88. The summed E-state index contributed by atoms with van der Waals surface area (Å²) < 4.78 is 11.9. The fourth-order valence-electron chi connectivity index (χ4n) is 4.59. The number of rotatable bonds is 5. The Hall–Kier alpha value is -2.04. The lowest BCUT2D eigenvalue weighted by Crippen LogP contribution is -2.32. The van der Waals surface area contributed by atoms with Crippen LogP contribution in [0, 0.1) is 5.41 Å². The number of ether oxygens (including phenoxy) is 2. The molecule has 0 amide bonds. The summed E-state index contributed by atoms with van der Waals surface area (Å²) in [6, 6.07) is 14.0. The van der Waals surface area contributed by atoms with Crippen molar-refractivity contribution in [2.24, 2.45) is 5.41 Å². The van der Waals surface area contributed by atoms with Crippen molar-refractivity contribution in [1.29, 1.82) is 0 Å². The third-order valence-electron chi connectivity index (χ3n) is 6.11. The Bertz CT molecular complexity index is 911. The summed E-state index contributed by atoms with van der Waals surface area (Å²) in [6.07, 6.45) is 1.79. The topological polar surface area (TPSA) is 38.8 Å². The zero-order valence-corrected chi connectivity index (χ0v) is 18.0. The van der Waals surface area contributed by atoms with Crippen molar-refractivity contribution in [3.63, 3.8) is 0 Å². The van der Waals surface area contributed by atoms with E-state index in [1.165, 1.54) is 5.56 Å². The van der Waals surface area contributed by atoms with Crippen LogP contribution in [0.4, 0.5) is 0 Å². The Balaban J connectivity index is 1.57. The molecule has 2 aromatic carbocycles. The largest absolute Gasteiger partial charge is 0.457 e. The van der Waals surface area contributed by atoms with E-state index in [2.05, 4.69) is 24.0 Å². The standard InChI is InChI=1S/C24H28ClNO3/c1-4-11-24(2,3)23(27)28-15-26-13-19-17-7-5-6-8-21(17)29-22-10-9-16(25)12-18(22)20(19)14-26/h5-10,12,19-20H,4,11,13-15H2,1-3H3. The minimum atomic E-state index is -0.445. The third-order valence-corrected chi connectivity index (χ3v) is 6.35. The first-order chi connectivity index (χ1) is 13.9. The average Bonchev–Trinajstić information content (AvgIpc) is 3.06. The van der Waals surface area contributed by atoms with Crippen LogP contribution in [0.5, 0.6) is 11.5 Å². The zero-order chi connectivity index (χ0) is 20.6. The Kier molecular flexibility index (Phi) is 5.58. The number of likely N-dealkylation sites (tertiary alicyclic amines) is 1. The Morgan fingerprint density at radius 1 is 1.14 bits per heavy atom. The molecule has 2 aliphatic rings. The first-order valence-electron chi connectivity index (χ1n) is 10.3. The van der Waals surface area contributed by atoms with Gasteiger partial charge in [0.25, 0.3) is 0 Å². The number of esters is 1. The number of fused-ring (bicyclic) bond motifs is 5. The van der Waals surface area contributed by atoms with Crippen molar-refractivity contribution in [2.75, 3.05) is 19.8 Å². The van der Waals surface area contributed by atoms with E-state index >= 15 is 0 Å². The number of halogens is 1. The maximum absolute atomic E-state index is 12.5. The van der Waals surface area contributed by atoms with Crippen molar-refractivity contribution in [3.05, 3.63) is 58.6 Å². The third kappa shape index (κ3) is 4.01. The zero-order valence-electron chi connectivity index (χ0n) is 17.3. The van der Waals surface area contributed by atoms with E-state index in [0.29, 0.717) is 11.8 Å². The number of para-hydroxylation sites is 1. The lowest BCUT2D eigenvalue weighted by Gasteiger charge is -2.24. The Labute approximate surface area is 177 Å². The van der Waals surface area contributed by atoms with Crippen LogP contribution in [0.2, 0.25) is 5.02 Å².